The Morgan fingerprint density at radius 1 is 1.00 bits per heavy atom. The maximum absolute atomic E-state index is 14.8. The van der Waals surface area contributed by atoms with E-state index in [9.17, 15) is 32.0 Å². The molecule has 244 valence electrons. The van der Waals surface area contributed by atoms with Crippen LogP contribution in [0.4, 0.5) is 4.39 Å². The van der Waals surface area contributed by atoms with E-state index < -0.39 is 27.0 Å². The number of carbonyl (C=O) groups excluding carboxylic acids is 3. The lowest BCUT2D eigenvalue weighted by atomic mass is 10.0. The predicted molar refractivity (Wildman–Crippen MR) is 171 cm³/mol. The van der Waals surface area contributed by atoms with Gasteiger partial charge in [-0.3, -0.25) is 19.2 Å². The van der Waals surface area contributed by atoms with Gasteiger partial charge in [0.15, 0.2) is 0 Å². The van der Waals surface area contributed by atoms with Crippen LogP contribution in [-0.4, -0.2) is 68.3 Å². The number of esters is 1. The molecule has 0 spiro atoms. The van der Waals surface area contributed by atoms with Crippen molar-refractivity contribution in [1.82, 2.24) is 15.2 Å². The summed E-state index contributed by atoms with van der Waals surface area (Å²) >= 11 is 5.88. The first-order valence-electron chi connectivity index (χ1n) is 14.8. The minimum absolute atomic E-state index is 0.00719. The first-order chi connectivity index (χ1) is 21.3. The second kappa shape index (κ2) is 17.1. The summed E-state index contributed by atoms with van der Waals surface area (Å²) < 4.78 is 42.5. The second-order valence-corrected chi connectivity index (χ2v) is 13.7. The number of rotatable bonds is 17. The van der Waals surface area contributed by atoms with Gasteiger partial charge < -0.3 is 19.9 Å². The molecule has 2 aromatic carbocycles. The van der Waals surface area contributed by atoms with Crippen molar-refractivity contribution in [2.24, 2.45) is 0 Å². The number of amides is 2. The van der Waals surface area contributed by atoms with E-state index in [1.807, 2.05) is 0 Å². The standard InChI is InChI=1S/C32H39ClFN3O7S/c1-37(15-17-45(2,42)43)28(38)9-5-3-4-6-10-29(39)44-16-7-8-23-18-25-30(27(34)19-23)35-21-26(31(25)40)32(41)36-20-22-11-13-24(33)14-12-22/h11-14,18-19,21H,3-10,15-17,20H2,1-2H3,(H,35,40)(H,36,41). The number of hydrogen-bond acceptors (Lipinski definition) is 7. The van der Waals surface area contributed by atoms with Gasteiger partial charge in [0, 0.05) is 55.8 Å². The average molecular weight is 664 g/mol. The van der Waals surface area contributed by atoms with Crippen molar-refractivity contribution < 1.29 is 31.9 Å². The zero-order valence-electron chi connectivity index (χ0n) is 25.5. The smallest absolute Gasteiger partial charge is 0.305 e. The molecule has 10 nitrogen and oxygen atoms in total. The van der Waals surface area contributed by atoms with E-state index in [1.165, 1.54) is 17.2 Å². The van der Waals surface area contributed by atoms with Gasteiger partial charge in [0.25, 0.3) is 5.91 Å². The van der Waals surface area contributed by atoms with E-state index in [-0.39, 0.29) is 60.2 Å². The Bertz CT molecular complexity index is 1660. The number of pyridine rings is 1. The van der Waals surface area contributed by atoms with Gasteiger partial charge in [0.2, 0.25) is 11.3 Å². The zero-order chi connectivity index (χ0) is 33.0. The Hall–Kier alpha value is -3.77. The molecule has 0 saturated carbocycles. The van der Waals surface area contributed by atoms with Gasteiger partial charge in [-0.25, -0.2) is 12.8 Å². The average Bonchev–Trinajstić information content (AvgIpc) is 2.99. The molecule has 1 heterocycles. The number of sulfone groups is 1. The Labute approximate surface area is 267 Å². The van der Waals surface area contributed by atoms with Crippen molar-refractivity contribution in [2.75, 3.05) is 32.2 Å². The molecule has 0 aliphatic rings. The van der Waals surface area contributed by atoms with Crippen molar-refractivity contribution in [3.05, 3.63) is 80.3 Å². The van der Waals surface area contributed by atoms with Crippen molar-refractivity contribution in [1.29, 1.82) is 0 Å². The summed E-state index contributed by atoms with van der Waals surface area (Å²) in [6.07, 6.45) is 6.46. The van der Waals surface area contributed by atoms with E-state index in [4.69, 9.17) is 16.3 Å². The summed E-state index contributed by atoms with van der Waals surface area (Å²) in [6, 6.07) is 9.77. The molecule has 0 fully saturated rings. The largest absolute Gasteiger partial charge is 0.466 e. The maximum Gasteiger partial charge on any atom is 0.305 e. The molecule has 0 saturated heterocycles. The van der Waals surface area contributed by atoms with E-state index in [0.717, 1.165) is 24.7 Å². The van der Waals surface area contributed by atoms with Gasteiger partial charge in [-0.05, 0) is 61.1 Å². The van der Waals surface area contributed by atoms with Gasteiger partial charge in [0.05, 0.1) is 17.9 Å². The number of hydrogen-bond donors (Lipinski definition) is 2. The van der Waals surface area contributed by atoms with Crippen molar-refractivity contribution >= 4 is 50.1 Å². The topological polar surface area (TPSA) is 143 Å². The van der Waals surface area contributed by atoms with Crippen LogP contribution in [0.3, 0.4) is 0 Å². The van der Waals surface area contributed by atoms with E-state index in [0.29, 0.717) is 42.7 Å². The number of nitrogens with one attached hydrogen (secondary N) is 2. The molecule has 2 amide bonds. The van der Waals surface area contributed by atoms with Crippen molar-refractivity contribution in [3.63, 3.8) is 0 Å². The Morgan fingerprint density at radius 2 is 1.69 bits per heavy atom. The summed E-state index contributed by atoms with van der Waals surface area (Å²) in [5.74, 6) is -1.72. The summed E-state index contributed by atoms with van der Waals surface area (Å²) in [5, 5.41) is 3.31. The molecule has 2 N–H and O–H groups in total. The third kappa shape index (κ3) is 11.9. The summed E-state index contributed by atoms with van der Waals surface area (Å²) in [5.41, 5.74) is 0.625. The summed E-state index contributed by atoms with van der Waals surface area (Å²) in [4.78, 5) is 54.1. The van der Waals surface area contributed by atoms with Crippen LogP contribution in [0, 0.1) is 5.82 Å². The molecular formula is C32H39ClFN3O7S. The number of fused-ring (bicyclic) bond motifs is 1. The van der Waals surface area contributed by atoms with E-state index in [1.54, 1.807) is 37.4 Å². The highest BCUT2D eigenvalue weighted by Crippen LogP contribution is 2.18. The van der Waals surface area contributed by atoms with Crippen LogP contribution in [0.15, 0.2) is 47.4 Å². The number of unbranched alkanes of at least 4 members (excludes halogenated alkanes) is 3. The number of aromatic amines is 1. The molecule has 0 aliphatic carbocycles. The van der Waals surface area contributed by atoms with Gasteiger partial charge in [0.1, 0.15) is 21.2 Å². The lowest BCUT2D eigenvalue weighted by Gasteiger charge is -2.16. The zero-order valence-corrected chi connectivity index (χ0v) is 27.1. The fourth-order valence-corrected chi connectivity index (χ4v) is 5.32. The van der Waals surface area contributed by atoms with Crippen molar-refractivity contribution in [2.45, 2.75) is 57.9 Å². The van der Waals surface area contributed by atoms with Crippen LogP contribution in [0.1, 0.15) is 66.4 Å². The van der Waals surface area contributed by atoms with Crippen LogP contribution in [-0.2, 0) is 37.1 Å². The molecule has 13 heteroatoms. The second-order valence-electron chi connectivity index (χ2n) is 11.0. The number of aromatic nitrogens is 1. The Kier molecular flexibility index (Phi) is 13.5. The minimum Gasteiger partial charge on any atom is -0.466 e. The normalized spacial score (nSPS) is 11.4. The van der Waals surface area contributed by atoms with Gasteiger partial charge >= 0.3 is 5.97 Å². The van der Waals surface area contributed by atoms with Gasteiger partial charge in [-0.1, -0.05) is 36.6 Å². The highest BCUT2D eigenvalue weighted by atomic mass is 35.5. The fraction of sp³-hybridized carbons (Fsp3) is 0.438. The molecule has 0 radical (unpaired) electrons. The molecule has 0 bridgehead atoms. The lowest BCUT2D eigenvalue weighted by Crippen LogP contribution is -2.31. The van der Waals surface area contributed by atoms with Crippen molar-refractivity contribution in [3.8, 4) is 0 Å². The fourth-order valence-electron chi connectivity index (χ4n) is 4.59. The van der Waals surface area contributed by atoms with Crippen LogP contribution < -0.4 is 10.7 Å². The molecule has 1 aromatic heterocycles. The molecule has 3 rings (SSSR count). The SMILES string of the molecule is CN(CCS(C)(=O)=O)C(=O)CCCCCCC(=O)OCCCc1cc(F)c2[nH]cc(C(=O)NCc3ccc(Cl)cc3)c(=O)c2c1. The highest BCUT2D eigenvalue weighted by molar-refractivity contribution is 7.90. The molecule has 0 unspecified atom stereocenters. The van der Waals surface area contributed by atoms with E-state index >= 15 is 0 Å². The summed E-state index contributed by atoms with van der Waals surface area (Å²) in [6.45, 7) is 0.496. The molecule has 3 aromatic rings. The predicted octanol–water partition coefficient (Wildman–Crippen LogP) is 4.57. The first-order valence-corrected chi connectivity index (χ1v) is 17.2. The monoisotopic (exact) mass is 663 g/mol. The lowest BCUT2D eigenvalue weighted by molar-refractivity contribution is -0.143. The maximum atomic E-state index is 14.8. The Balaban J connectivity index is 1.39. The number of benzene rings is 2. The number of halogens is 2. The van der Waals surface area contributed by atoms with E-state index in [2.05, 4.69) is 10.3 Å². The third-order valence-electron chi connectivity index (χ3n) is 7.23. The van der Waals surface area contributed by atoms with Gasteiger partial charge in [-0.15, -0.1) is 0 Å². The molecule has 45 heavy (non-hydrogen) atoms. The first kappa shape index (κ1) is 35.7. The minimum atomic E-state index is -3.12. The van der Waals surface area contributed by atoms with Crippen LogP contribution >= 0.6 is 11.6 Å². The molecular weight excluding hydrogens is 625 g/mol. The summed E-state index contributed by atoms with van der Waals surface area (Å²) in [7, 11) is -1.54. The highest BCUT2D eigenvalue weighted by Gasteiger charge is 2.16. The van der Waals surface area contributed by atoms with Crippen LogP contribution in [0.5, 0.6) is 0 Å². The van der Waals surface area contributed by atoms with Gasteiger partial charge in [-0.2, -0.15) is 0 Å². The number of nitrogens with zero attached hydrogens (tertiary/aromatic N) is 1. The quantitative estimate of drug-likeness (QED) is 0.159. The third-order valence-corrected chi connectivity index (χ3v) is 8.40. The number of carbonyl (C=O) groups is 3. The van der Waals surface area contributed by atoms with Crippen LogP contribution in [0.2, 0.25) is 5.02 Å². The Morgan fingerprint density at radius 3 is 2.38 bits per heavy atom. The molecule has 0 atom stereocenters. The number of H-pyrrole nitrogens is 1. The number of ether oxygens (including phenoxy) is 1. The number of aryl methyl sites for hydroxylation is 1. The van der Waals surface area contributed by atoms with Crippen LogP contribution in [0.25, 0.3) is 10.9 Å². The molecule has 0 aliphatic heterocycles.